The van der Waals surface area contributed by atoms with Gasteiger partial charge in [-0.15, -0.1) is 0 Å². The Morgan fingerprint density at radius 3 is 2.48 bits per heavy atom. The third-order valence-corrected chi connectivity index (χ3v) is 3.97. The fraction of sp³-hybridized carbons (Fsp3) is 0.647. The van der Waals surface area contributed by atoms with Gasteiger partial charge in [0.1, 0.15) is 5.75 Å². The monoisotopic (exact) mass is 294 g/mol. The molecule has 1 aliphatic rings. The molecule has 2 rings (SSSR count). The second-order valence-corrected chi connectivity index (χ2v) is 5.79. The highest BCUT2D eigenvalue weighted by atomic mass is 16.3. The molecule has 0 radical (unpaired) electrons. The first-order chi connectivity index (χ1) is 10.0. The van der Waals surface area contributed by atoms with E-state index in [9.17, 15) is 0 Å². The number of benzene rings is 1. The first-order valence-corrected chi connectivity index (χ1v) is 7.95. The van der Waals surface area contributed by atoms with Gasteiger partial charge in [-0.3, -0.25) is 0 Å². The number of nitrogens with zero attached hydrogens (tertiary/aromatic N) is 1. The number of piperidine rings is 1. The van der Waals surface area contributed by atoms with Crippen LogP contribution in [0.5, 0.6) is 5.75 Å². The number of nitrogens with two attached hydrogens (primary N) is 1. The zero-order chi connectivity index (χ0) is 15.7. The maximum atomic E-state index is 9.03. The van der Waals surface area contributed by atoms with Crippen molar-refractivity contribution in [1.82, 2.24) is 4.90 Å². The number of likely N-dealkylation sites (tertiary alicyclic amines) is 1. The van der Waals surface area contributed by atoms with Crippen LogP contribution < -0.4 is 5.73 Å². The molecule has 21 heavy (non-hydrogen) atoms. The lowest BCUT2D eigenvalue weighted by atomic mass is 10.0. The average molecular weight is 294 g/mol. The van der Waals surface area contributed by atoms with Gasteiger partial charge in [0, 0.05) is 6.04 Å². The highest BCUT2D eigenvalue weighted by Crippen LogP contribution is 2.16. The lowest BCUT2D eigenvalue weighted by Crippen LogP contribution is -2.38. The number of aliphatic hydroxyl groups is 1. The van der Waals surface area contributed by atoms with Crippen LogP contribution in [0.15, 0.2) is 24.3 Å². The summed E-state index contributed by atoms with van der Waals surface area (Å²) in [5, 5.41) is 17.9. The summed E-state index contributed by atoms with van der Waals surface area (Å²) in [6.45, 7) is 7.35. The maximum Gasteiger partial charge on any atom is 0.115 e. The predicted molar refractivity (Wildman–Crippen MR) is 87.3 cm³/mol. The summed E-state index contributed by atoms with van der Waals surface area (Å²) in [5.74, 6) is 0.226. The SMILES string of the molecule is CC(O)c1ccc(O)cc1.CC1CCCCN1CCCN. The molecule has 4 nitrogen and oxygen atoms in total. The minimum Gasteiger partial charge on any atom is -0.508 e. The zero-order valence-electron chi connectivity index (χ0n) is 13.3. The summed E-state index contributed by atoms with van der Waals surface area (Å²) in [4.78, 5) is 2.57. The van der Waals surface area contributed by atoms with Gasteiger partial charge in [-0.05, 0) is 70.4 Å². The second kappa shape index (κ2) is 9.77. The quantitative estimate of drug-likeness (QED) is 0.798. The molecule has 1 aromatic rings. The van der Waals surface area contributed by atoms with Crippen molar-refractivity contribution >= 4 is 0 Å². The smallest absolute Gasteiger partial charge is 0.115 e. The fourth-order valence-electron chi connectivity index (χ4n) is 2.54. The second-order valence-electron chi connectivity index (χ2n) is 5.79. The largest absolute Gasteiger partial charge is 0.508 e. The Morgan fingerprint density at radius 2 is 1.95 bits per heavy atom. The molecule has 0 bridgehead atoms. The molecule has 1 fully saturated rings. The van der Waals surface area contributed by atoms with Crippen molar-refractivity contribution in [3.8, 4) is 5.75 Å². The Balaban J connectivity index is 0.000000211. The van der Waals surface area contributed by atoms with E-state index in [2.05, 4.69) is 11.8 Å². The third-order valence-electron chi connectivity index (χ3n) is 3.97. The van der Waals surface area contributed by atoms with Gasteiger partial charge >= 0.3 is 0 Å². The Labute approximate surface area is 128 Å². The van der Waals surface area contributed by atoms with Gasteiger partial charge in [-0.1, -0.05) is 18.6 Å². The van der Waals surface area contributed by atoms with Crippen LogP contribution in [0.1, 0.15) is 51.2 Å². The predicted octanol–water partition coefficient (Wildman–Crippen LogP) is 2.66. The van der Waals surface area contributed by atoms with Crippen LogP contribution in [-0.4, -0.2) is 40.8 Å². The van der Waals surface area contributed by atoms with Crippen molar-refractivity contribution in [2.75, 3.05) is 19.6 Å². The van der Waals surface area contributed by atoms with Crippen molar-refractivity contribution in [2.45, 2.75) is 51.7 Å². The minimum absolute atomic E-state index is 0.226. The van der Waals surface area contributed by atoms with E-state index in [1.807, 2.05) is 0 Å². The van der Waals surface area contributed by atoms with E-state index in [4.69, 9.17) is 15.9 Å². The number of hydrogen-bond donors (Lipinski definition) is 3. The van der Waals surface area contributed by atoms with E-state index in [-0.39, 0.29) is 5.75 Å². The molecule has 2 unspecified atom stereocenters. The lowest BCUT2D eigenvalue weighted by molar-refractivity contribution is 0.160. The van der Waals surface area contributed by atoms with E-state index in [1.54, 1.807) is 31.2 Å². The van der Waals surface area contributed by atoms with Crippen LogP contribution in [0.3, 0.4) is 0 Å². The molecule has 0 saturated carbocycles. The highest BCUT2D eigenvalue weighted by Gasteiger charge is 2.16. The summed E-state index contributed by atoms with van der Waals surface area (Å²) < 4.78 is 0. The first-order valence-electron chi connectivity index (χ1n) is 7.95. The van der Waals surface area contributed by atoms with Crippen LogP contribution in [0, 0.1) is 0 Å². The number of aromatic hydroxyl groups is 1. The third kappa shape index (κ3) is 6.93. The Hall–Kier alpha value is -1.10. The number of hydrogen-bond acceptors (Lipinski definition) is 4. The van der Waals surface area contributed by atoms with Crippen molar-refractivity contribution < 1.29 is 10.2 Å². The standard InChI is InChI=1S/C9H20N2.C8H10O2/c1-9-5-2-3-7-11(9)8-4-6-10;1-6(9)7-2-4-8(10)5-3-7/h9H,2-8,10H2,1H3;2-6,9-10H,1H3. The Kier molecular flexibility index (Phi) is 8.35. The molecule has 1 saturated heterocycles. The number of phenolic OH excluding ortho intramolecular Hbond substituents is 1. The van der Waals surface area contributed by atoms with Crippen LogP contribution in [-0.2, 0) is 0 Å². The molecule has 0 amide bonds. The van der Waals surface area contributed by atoms with Gasteiger partial charge in [-0.2, -0.15) is 0 Å². The molecule has 1 heterocycles. The van der Waals surface area contributed by atoms with E-state index in [0.29, 0.717) is 0 Å². The summed E-state index contributed by atoms with van der Waals surface area (Å²) in [6.07, 6.45) is 4.88. The van der Waals surface area contributed by atoms with Crippen molar-refractivity contribution in [2.24, 2.45) is 5.73 Å². The molecular formula is C17H30N2O2. The van der Waals surface area contributed by atoms with Crippen LogP contribution >= 0.6 is 0 Å². The molecular weight excluding hydrogens is 264 g/mol. The Bertz CT molecular complexity index is 379. The molecule has 1 aromatic carbocycles. The molecule has 120 valence electrons. The Morgan fingerprint density at radius 1 is 1.29 bits per heavy atom. The normalized spacial score (nSPS) is 20.5. The molecule has 1 aliphatic heterocycles. The van der Waals surface area contributed by atoms with Crippen LogP contribution in [0.25, 0.3) is 0 Å². The van der Waals surface area contributed by atoms with Crippen LogP contribution in [0.2, 0.25) is 0 Å². The average Bonchev–Trinajstić information content (AvgIpc) is 2.47. The molecule has 2 atom stereocenters. The summed E-state index contributed by atoms with van der Waals surface area (Å²) in [6, 6.07) is 7.31. The topological polar surface area (TPSA) is 69.7 Å². The van der Waals surface area contributed by atoms with E-state index >= 15 is 0 Å². The van der Waals surface area contributed by atoms with E-state index < -0.39 is 6.10 Å². The number of aliphatic hydroxyl groups excluding tert-OH is 1. The summed E-state index contributed by atoms with van der Waals surface area (Å²) in [7, 11) is 0. The minimum atomic E-state index is -0.458. The first kappa shape index (κ1) is 18.0. The highest BCUT2D eigenvalue weighted by molar-refractivity contribution is 5.26. The lowest BCUT2D eigenvalue weighted by Gasteiger charge is -2.33. The summed E-state index contributed by atoms with van der Waals surface area (Å²) in [5.41, 5.74) is 6.28. The molecule has 0 aromatic heterocycles. The number of phenols is 1. The van der Waals surface area contributed by atoms with E-state index in [0.717, 1.165) is 24.6 Å². The van der Waals surface area contributed by atoms with Crippen molar-refractivity contribution in [3.63, 3.8) is 0 Å². The van der Waals surface area contributed by atoms with Crippen molar-refractivity contribution in [1.29, 1.82) is 0 Å². The fourth-order valence-corrected chi connectivity index (χ4v) is 2.54. The zero-order valence-corrected chi connectivity index (χ0v) is 13.3. The van der Waals surface area contributed by atoms with Gasteiger partial charge < -0.3 is 20.8 Å². The maximum absolute atomic E-state index is 9.03. The van der Waals surface area contributed by atoms with Crippen LogP contribution in [0.4, 0.5) is 0 Å². The number of rotatable bonds is 4. The molecule has 0 spiro atoms. The molecule has 0 aliphatic carbocycles. The van der Waals surface area contributed by atoms with E-state index in [1.165, 1.54) is 32.4 Å². The van der Waals surface area contributed by atoms with Gasteiger partial charge in [0.05, 0.1) is 6.10 Å². The summed E-state index contributed by atoms with van der Waals surface area (Å²) >= 11 is 0. The molecule has 4 N–H and O–H groups in total. The molecule has 4 heteroatoms. The van der Waals surface area contributed by atoms with Gasteiger partial charge in [0.25, 0.3) is 0 Å². The van der Waals surface area contributed by atoms with Crippen molar-refractivity contribution in [3.05, 3.63) is 29.8 Å². The van der Waals surface area contributed by atoms with Gasteiger partial charge in [0.2, 0.25) is 0 Å². The van der Waals surface area contributed by atoms with Gasteiger partial charge in [-0.25, -0.2) is 0 Å². The van der Waals surface area contributed by atoms with Gasteiger partial charge in [0.15, 0.2) is 0 Å².